The maximum absolute atomic E-state index is 5.91. The van der Waals surface area contributed by atoms with Crippen molar-refractivity contribution < 1.29 is 4.42 Å². The summed E-state index contributed by atoms with van der Waals surface area (Å²) in [5, 5.41) is 3.63. The molecule has 0 amide bonds. The molecule has 2 unspecified atom stereocenters. The maximum atomic E-state index is 5.91. The standard InChI is InChI=1S/C15H23NO/c1-10-8-13(10)14-7-6-12(17-14)9-16-15(2,3)11-4-5-11/h6-7,10-11,13,16H,4-5,8-9H2,1-3H3. The van der Waals surface area contributed by atoms with E-state index in [9.17, 15) is 0 Å². The van der Waals surface area contributed by atoms with E-state index in [4.69, 9.17) is 4.42 Å². The molecule has 2 aliphatic carbocycles. The maximum Gasteiger partial charge on any atom is 0.117 e. The van der Waals surface area contributed by atoms with E-state index in [-0.39, 0.29) is 5.54 Å². The van der Waals surface area contributed by atoms with Crippen LogP contribution in [0.3, 0.4) is 0 Å². The van der Waals surface area contributed by atoms with E-state index in [0.717, 1.165) is 24.1 Å². The second kappa shape index (κ2) is 3.88. The predicted molar refractivity (Wildman–Crippen MR) is 68.9 cm³/mol. The number of hydrogen-bond donors (Lipinski definition) is 1. The lowest BCUT2D eigenvalue weighted by Gasteiger charge is -2.25. The van der Waals surface area contributed by atoms with E-state index >= 15 is 0 Å². The van der Waals surface area contributed by atoms with Crippen molar-refractivity contribution in [3.05, 3.63) is 23.7 Å². The van der Waals surface area contributed by atoms with E-state index in [1.54, 1.807) is 0 Å². The third-order valence-electron chi connectivity index (χ3n) is 4.47. The van der Waals surface area contributed by atoms with Crippen molar-refractivity contribution in [3.8, 4) is 0 Å². The summed E-state index contributed by atoms with van der Waals surface area (Å²) in [5.74, 6) is 4.66. The summed E-state index contributed by atoms with van der Waals surface area (Å²) < 4.78 is 5.91. The van der Waals surface area contributed by atoms with Crippen molar-refractivity contribution in [1.29, 1.82) is 0 Å². The summed E-state index contributed by atoms with van der Waals surface area (Å²) in [7, 11) is 0. The monoisotopic (exact) mass is 233 g/mol. The molecule has 2 aliphatic rings. The quantitative estimate of drug-likeness (QED) is 0.839. The summed E-state index contributed by atoms with van der Waals surface area (Å²) in [6, 6.07) is 4.30. The Bertz CT molecular complexity index is 403. The van der Waals surface area contributed by atoms with Gasteiger partial charge in [0, 0.05) is 11.5 Å². The Morgan fingerprint density at radius 1 is 1.35 bits per heavy atom. The highest BCUT2D eigenvalue weighted by molar-refractivity contribution is 5.17. The van der Waals surface area contributed by atoms with Gasteiger partial charge in [-0.1, -0.05) is 6.92 Å². The Morgan fingerprint density at radius 2 is 2.06 bits per heavy atom. The molecule has 1 heterocycles. The van der Waals surface area contributed by atoms with E-state index in [1.807, 2.05) is 0 Å². The van der Waals surface area contributed by atoms with Crippen LogP contribution in [0.25, 0.3) is 0 Å². The van der Waals surface area contributed by atoms with Crippen LogP contribution >= 0.6 is 0 Å². The molecule has 0 bridgehead atoms. The van der Waals surface area contributed by atoms with Gasteiger partial charge in [0.25, 0.3) is 0 Å². The van der Waals surface area contributed by atoms with Gasteiger partial charge in [0.1, 0.15) is 11.5 Å². The molecule has 1 aromatic heterocycles. The molecule has 2 nitrogen and oxygen atoms in total. The van der Waals surface area contributed by atoms with Crippen LogP contribution in [0.2, 0.25) is 0 Å². The minimum Gasteiger partial charge on any atom is -0.464 e. The summed E-state index contributed by atoms with van der Waals surface area (Å²) in [6.45, 7) is 7.76. The number of nitrogens with one attached hydrogen (secondary N) is 1. The van der Waals surface area contributed by atoms with Gasteiger partial charge in [0.2, 0.25) is 0 Å². The van der Waals surface area contributed by atoms with E-state index in [2.05, 4.69) is 38.2 Å². The predicted octanol–water partition coefficient (Wildman–Crippen LogP) is 3.68. The van der Waals surface area contributed by atoms with Gasteiger partial charge in [-0.15, -0.1) is 0 Å². The molecule has 3 rings (SSSR count). The highest BCUT2D eigenvalue weighted by atomic mass is 16.3. The molecule has 1 N–H and O–H groups in total. The lowest BCUT2D eigenvalue weighted by molar-refractivity contribution is 0.319. The molecule has 0 aliphatic heterocycles. The van der Waals surface area contributed by atoms with Gasteiger partial charge in [-0.2, -0.15) is 0 Å². The summed E-state index contributed by atoms with van der Waals surface area (Å²) in [5.41, 5.74) is 0.264. The molecule has 1 aromatic rings. The Balaban J connectivity index is 1.56. The zero-order valence-electron chi connectivity index (χ0n) is 11.1. The lowest BCUT2D eigenvalue weighted by Crippen LogP contribution is -2.40. The topological polar surface area (TPSA) is 25.2 Å². The largest absolute Gasteiger partial charge is 0.464 e. The molecule has 0 radical (unpaired) electrons. The minimum atomic E-state index is 0.264. The number of furan rings is 1. The van der Waals surface area contributed by atoms with Crippen LogP contribution < -0.4 is 5.32 Å². The molecule has 17 heavy (non-hydrogen) atoms. The van der Waals surface area contributed by atoms with Gasteiger partial charge in [-0.05, 0) is 57.1 Å². The molecule has 2 fully saturated rings. The average molecular weight is 233 g/mol. The van der Waals surface area contributed by atoms with Crippen molar-refractivity contribution in [2.75, 3.05) is 0 Å². The second-order valence-electron chi connectivity index (χ2n) is 6.47. The van der Waals surface area contributed by atoms with Crippen LogP contribution in [0.1, 0.15) is 57.5 Å². The van der Waals surface area contributed by atoms with Gasteiger partial charge in [0.05, 0.1) is 6.54 Å². The fraction of sp³-hybridized carbons (Fsp3) is 0.733. The average Bonchev–Trinajstić information content (AvgIpc) is 3.18. The molecular weight excluding hydrogens is 210 g/mol. The normalized spacial score (nSPS) is 28.4. The van der Waals surface area contributed by atoms with Crippen molar-refractivity contribution in [2.24, 2.45) is 11.8 Å². The van der Waals surface area contributed by atoms with Crippen LogP contribution in [-0.4, -0.2) is 5.54 Å². The van der Waals surface area contributed by atoms with E-state index < -0.39 is 0 Å². The van der Waals surface area contributed by atoms with E-state index in [1.165, 1.54) is 25.0 Å². The van der Waals surface area contributed by atoms with Gasteiger partial charge >= 0.3 is 0 Å². The fourth-order valence-electron chi connectivity index (χ4n) is 2.67. The van der Waals surface area contributed by atoms with Gasteiger partial charge < -0.3 is 9.73 Å². The SMILES string of the molecule is CC1CC1c1ccc(CNC(C)(C)C2CC2)o1. The molecule has 0 saturated heterocycles. The first-order valence-corrected chi connectivity index (χ1v) is 6.90. The Kier molecular flexibility index (Phi) is 2.58. The van der Waals surface area contributed by atoms with Crippen LogP contribution in [0.5, 0.6) is 0 Å². The number of rotatable bonds is 5. The number of hydrogen-bond acceptors (Lipinski definition) is 2. The first kappa shape index (κ1) is 11.3. The summed E-state index contributed by atoms with van der Waals surface area (Å²) >= 11 is 0. The molecule has 2 heteroatoms. The summed E-state index contributed by atoms with van der Waals surface area (Å²) in [6.07, 6.45) is 4.06. The van der Waals surface area contributed by atoms with Crippen molar-refractivity contribution in [1.82, 2.24) is 5.32 Å². The van der Waals surface area contributed by atoms with Crippen molar-refractivity contribution >= 4 is 0 Å². The molecule has 94 valence electrons. The molecule has 2 saturated carbocycles. The van der Waals surface area contributed by atoms with Crippen molar-refractivity contribution in [3.63, 3.8) is 0 Å². The smallest absolute Gasteiger partial charge is 0.117 e. The zero-order valence-corrected chi connectivity index (χ0v) is 11.1. The molecule has 2 atom stereocenters. The van der Waals surface area contributed by atoms with Gasteiger partial charge in [-0.3, -0.25) is 0 Å². The van der Waals surface area contributed by atoms with E-state index in [0.29, 0.717) is 5.92 Å². The second-order valence-corrected chi connectivity index (χ2v) is 6.47. The molecule has 0 aromatic carbocycles. The van der Waals surface area contributed by atoms with Crippen LogP contribution in [-0.2, 0) is 6.54 Å². The van der Waals surface area contributed by atoms with Gasteiger partial charge in [0.15, 0.2) is 0 Å². The Morgan fingerprint density at radius 3 is 2.65 bits per heavy atom. The summed E-state index contributed by atoms with van der Waals surface area (Å²) in [4.78, 5) is 0. The third kappa shape index (κ3) is 2.42. The zero-order chi connectivity index (χ0) is 12.0. The molecular formula is C15H23NO. The first-order chi connectivity index (χ1) is 8.06. The van der Waals surface area contributed by atoms with Crippen LogP contribution in [0.4, 0.5) is 0 Å². The minimum absolute atomic E-state index is 0.264. The first-order valence-electron chi connectivity index (χ1n) is 6.90. The van der Waals surface area contributed by atoms with Crippen LogP contribution in [0, 0.1) is 11.8 Å². The van der Waals surface area contributed by atoms with Gasteiger partial charge in [-0.25, -0.2) is 0 Å². The fourth-order valence-corrected chi connectivity index (χ4v) is 2.67. The lowest BCUT2D eigenvalue weighted by atomic mass is 9.99. The van der Waals surface area contributed by atoms with Crippen molar-refractivity contribution in [2.45, 2.75) is 58.0 Å². The Hall–Kier alpha value is -0.760. The Labute approximate surface area is 104 Å². The highest BCUT2D eigenvalue weighted by Crippen LogP contribution is 2.47. The van der Waals surface area contributed by atoms with Crippen LogP contribution in [0.15, 0.2) is 16.5 Å². The molecule has 0 spiro atoms. The highest BCUT2D eigenvalue weighted by Gasteiger charge is 2.38. The third-order valence-corrected chi connectivity index (χ3v) is 4.47.